The van der Waals surface area contributed by atoms with Crippen molar-refractivity contribution in [3.05, 3.63) is 102 Å². The number of rotatable bonds is 13. The van der Waals surface area contributed by atoms with E-state index in [9.17, 15) is 24.2 Å². The number of aliphatic hydroxyl groups is 1. The highest BCUT2D eigenvalue weighted by Gasteiger charge is 2.31. The van der Waals surface area contributed by atoms with Crippen LogP contribution in [0.2, 0.25) is 0 Å². The summed E-state index contributed by atoms with van der Waals surface area (Å²) in [5.41, 5.74) is 4.96. The van der Waals surface area contributed by atoms with Gasteiger partial charge in [0.2, 0.25) is 0 Å². The largest absolute Gasteiger partial charge is 0.481 e. The number of carboxylic acid groups (broad SMARTS) is 1. The van der Waals surface area contributed by atoms with Crippen molar-refractivity contribution in [3.63, 3.8) is 0 Å². The fraction of sp³-hybridized carbons (Fsp3) is 0.294. The van der Waals surface area contributed by atoms with Crippen molar-refractivity contribution in [2.75, 3.05) is 12.4 Å². The molecule has 0 aliphatic heterocycles. The minimum atomic E-state index is -0.998. The molecule has 2 atom stereocenters. The second kappa shape index (κ2) is 14.1. The number of carbonyl (C=O) groups is 2. The summed E-state index contributed by atoms with van der Waals surface area (Å²) >= 11 is 0. The van der Waals surface area contributed by atoms with E-state index in [2.05, 4.69) is 5.32 Å². The number of anilines is 1. The molecule has 3 aromatic carbocycles. The molecule has 4 rings (SSSR count). The molecule has 220 valence electrons. The highest BCUT2D eigenvalue weighted by molar-refractivity contribution is 6.12. The molecule has 8 heteroatoms. The summed E-state index contributed by atoms with van der Waals surface area (Å²) in [6, 6.07) is 25.0. The second-order valence-electron chi connectivity index (χ2n) is 10.6. The maximum Gasteiger partial charge on any atom is 0.305 e. The Morgan fingerprint density at radius 2 is 1.55 bits per heavy atom. The zero-order chi connectivity index (χ0) is 30.2. The number of carbonyl (C=O) groups excluding carboxylic acids is 1. The molecule has 4 aromatic rings. The Labute approximate surface area is 245 Å². The molecule has 0 saturated carbocycles. The Morgan fingerprint density at radius 1 is 0.929 bits per heavy atom. The number of halogens is 1. The molecular weight excluding hydrogens is 535 g/mol. The summed E-state index contributed by atoms with van der Waals surface area (Å²) < 4.78 is 21.4. The van der Waals surface area contributed by atoms with Crippen LogP contribution < -0.4 is 5.32 Å². The molecule has 0 bridgehead atoms. The Kier molecular flexibility index (Phi) is 10.3. The average molecular weight is 573 g/mol. The first-order valence-electron chi connectivity index (χ1n) is 14.1. The van der Waals surface area contributed by atoms with Crippen LogP contribution in [0.4, 0.5) is 10.1 Å². The standard InChI is InChI=1S/C34H37FN2O5/c1-22(2)32-31(34(41)36-26-12-8-5-9-13-26)30(23-10-6-4-7-11-23)33(24-14-16-25(35)17-15-24)37(32)19-18-27(38)20-28(42-3)21-29(39)40/h4-17,22,27-28,38H,18-21H2,1-3H3,(H,36,41)(H,39,40)/t27-,28-/m1/s1. The van der Waals surface area contributed by atoms with Crippen LogP contribution in [-0.2, 0) is 16.1 Å². The molecule has 0 spiro atoms. The van der Waals surface area contributed by atoms with Gasteiger partial charge in [0.15, 0.2) is 0 Å². The Morgan fingerprint density at radius 3 is 2.12 bits per heavy atom. The molecule has 0 aliphatic rings. The molecule has 3 N–H and O–H groups in total. The van der Waals surface area contributed by atoms with E-state index >= 15 is 0 Å². The highest BCUT2D eigenvalue weighted by atomic mass is 19.1. The number of methoxy groups -OCH3 is 1. The fourth-order valence-corrected chi connectivity index (χ4v) is 5.37. The van der Waals surface area contributed by atoms with Crippen molar-refractivity contribution in [1.29, 1.82) is 0 Å². The first-order chi connectivity index (χ1) is 20.2. The lowest BCUT2D eigenvalue weighted by Crippen LogP contribution is -2.24. The predicted octanol–water partition coefficient (Wildman–Crippen LogP) is 6.97. The monoisotopic (exact) mass is 572 g/mol. The van der Waals surface area contributed by atoms with Gasteiger partial charge in [-0.3, -0.25) is 9.59 Å². The number of aromatic nitrogens is 1. The number of nitrogens with one attached hydrogen (secondary N) is 1. The number of aliphatic carboxylic acids is 1. The fourth-order valence-electron chi connectivity index (χ4n) is 5.37. The maximum absolute atomic E-state index is 14.1. The van der Waals surface area contributed by atoms with E-state index in [1.54, 1.807) is 12.1 Å². The van der Waals surface area contributed by atoms with Crippen LogP contribution in [0.3, 0.4) is 0 Å². The first kappa shape index (κ1) is 30.7. The topological polar surface area (TPSA) is 101 Å². The van der Waals surface area contributed by atoms with Gasteiger partial charge in [-0.05, 0) is 59.9 Å². The van der Waals surface area contributed by atoms with E-state index in [0.717, 1.165) is 28.1 Å². The van der Waals surface area contributed by atoms with Crippen LogP contribution in [0.1, 0.15) is 55.1 Å². The van der Waals surface area contributed by atoms with E-state index < -0.39 is 18.2 Å². The number of nitrogens with zero attached hydrogens (tertiary/aromatic N) is 1. The number of amides is 1. The van der Waals surface area contributed by atoms with Gasteiger partial charge in [0, 0.05) is 37.0 Å². The van der Waals surface area contributed by atoms with E-state index in [-0.39, 0.29) is 36.9 Å². The van der Waals surface area contributed by atoms with Gasteiger partial charge in [0.25, 0.3) is 5.91 Å². The van der Waals surface area contributed by atoms with Crippen molar-refractivity contribution >= 4 is 17.6 Å². The van der Waals surface area contributed by atoms with Gasteiger partial charge in [-0.25, -0.2) is 4.39 Å². The zero-order valence-corrected chi connectivity index (χ0v) is 24.1. The van der Waals surface area contributed by atoms with Crippen LogP contribution in [0.5, 0.6) is 0 Å². The van der Waals surface area contributed by atoms with Crippen molar-refractivity contribution < 1.29 is 28.9 Å². The third kappa shape index (κ3) is 7.32. The van der Waals surface area contributed by atoms with E-state index in [4.69, 9.17) is 4.74 Å². The molecular formula is C34H37FN2O5. The van der Waals surface area contributed by atoms with Gasteiger partial charge < -0.3 is 24.8 Å². The minimum absolute atomic E-state index is 0.0888. The lowest BCUT2D eigenvalue weighted by molar-refractivity contribution is -0.140. The van der Waals surface area contributed by atoms with Crippen LogP contribution >= 0.6 is 0 Å². The van der Waals surface area contributed by atoms with Gasteiger partial charge in [0.1, 0.15) is 5.82 Å². The van der Waals surface area contributed by atoms with Crippen molar-refractivity contribution in [2.24, 2.45) is 0 Å². The molecule has 1 amide bonds. The summed E-state index contributed by atoms with van der Waals surface area (Å²) in [7, 11) is 1.43. The number of aliphatic hydroxyl groups excluding tert-OH is 1. The maximum atomic E-state index is 14.1. The smallest absolute Gasteiger partial charge is 0.305 e. The molecule has 7 nitrogen and oxygen atoms in total. The van der Waals surface area contributed by atoms with Gasteiger partial charge >= 0.3 is 5.97 Å². The molecule has 1 heterocycles. The van der Waals surface area contributed by atoms with Crippen LogP contribution in [0.25, 0.3) is 22.4 Å². The highest BCUT2D eigenvalue weighted by Crippen LogP contribution is 2.42. The van der Waals surface area contributed by atoms with Crippen LogP contribution in [-0.4, -0.2) is 46.0 Å². The number of hydrogen-bond acceptors (Lipinski definition) is 4. The van der Waals surface area contributed by atoms with E-state index in [1.807, 2.05) is 79.1 Å². The van der Waals surface area contributed by atoms with E-state index in [1.165, 1.54) is 19.2 Å². The molecule has 0 fully saturated rings. The third-order valence-electron chi connectivity index (χ3n) is 7.25. The van der Waals surface area contributed by atoms with Gasteiger partial charge in [-0.15, -0.1) is 0 Å². The number of carboxylic acids is 1. The lowest BCUT2D eigenvalue weighted by atomic mass is 9.94. The van der Waals surface area contributed by atoms with Crippen LogP contribution in [0, 0.1) is 5.82 Å². The molecule has 0 unspecified atom stereocenters. The van der Waals surface area contributed by atoms with Crippen molar-refractivity contribution in [3.8, 4) is 22.4 Å². The summed E-state index contributed by atoms with van der Waals surface area (Å²) in [4.78, 5) is 25.3. The third-order valence-corrected chi connectivity index (χ3v) is 7.25. The summed E-state index contributed by atoms with van der Waals surface area (Å²) in [6.45, 7) is 4.36. The minimum Gasteiger partial charge on any atom is -0.481 e. The summed E-state index contributed by atoms with van der Waals surface area (Å²) in [5, 5.41) is 23.2. The van der Waals surface area contributed by atoms with Crippen molar-refractivity contribution in [1.82, 2.24) is 4.57 Å². The SMILES string of the molecule is CO[C@@H](CC(=O)O)C[C@H](O)CCn1c(-c2ccc(F)cc2)c(-c2ccccc2)c(C(=O)Nc2ccccc2)c1C(C)C. The molecule has 42 heavy (non-hydrogen) atoms. The van der Waals surface area contributed by atoms with Gasteiger partial charge in [-0.1, -0.05) is 62.4 Å². The zero-order valence-electron chi connectivity index (χ0n) is 24.1. The number of ether oxygens (including phenoxy) is 1. The lowest BCUT2D eigenvalue weighted by Gasteiger charge is -2.21. The molecule has 0 saturated heterocycles. The van der Waals surface area contributed by atoms with Gasteiger partial charge in [-0.2, -0.15) is 0 Å². The molecule has 1 aromatic heterocycles. The number of para-hydroxylation sites is 1. The predicted molar refractivity (Wildman–Crippen MR) is 162 cm³/mol. The normalized spacial score (nSPS) is 12.7. The van der Waals surface area contributed by atoms with Crippen molar-refractivity contribution in [2.45, 2.75) is 57.8 Å². The van der Waals surface area contributed by atoms with Gasteiger partial charge in [0.05, 0.1) is 29.9 Å². The molecule has 0 aliphatic carbocycles. The number of benzene rings is 3. The quantitative estimate of drug-likeness (QED) is 0.161. The summed E-state index contributed by atoms with van der Waals surface area (Å²) in [6.07, 6.45) is -1.25. The summed E-state index contributed by atoms with van der Waals surface area (Å²) in [5.74, 6) is -1.73. The average Bonchev–Trinajstić information content (AvgIpc) is 3.32. The second-order valence-corrected chi connectivity index (χ2v) is 10.6. The molecule has 0 radical (unpaired) electrons. The number of hydrogen-bond donors (Lipinski definition) is 3. The Balaban J connectivity index is 1.88. The first-order valence-corrected chi connectivity index (χ1v) is 14.1. The Bertz CT molecular complexity index is 1480. The van der Waals surface area contributed by atoms with Crippen LogP contribution in [0.15, 0.2) is 84.9 Å². The van der Waals surface area contributed by atoms with E-state index in [0.29, 0.717) is 17.8 Å². The Hall–Kier alpha value is -4.27.